The fourth-order valence-corrected chi connectivity index (χ4v) is 4.45. The number of rotatable bonds is 6. The molecule has 3 aromatic carbocycles. The first-order chi connectivity index (χ1) is 16.5. The summed E-state index contributed by atoms with van der Waals surface area (Å²) < 4.78 is 12.5. The molecule has 0 amide bonds. The minimum absolute atomic E-state index is 0.0739. The molecule has 1 aliphatic heterocycles. The van der Waals surface area contributed by atoms with Crippen LogP contribution in [-0.4, -0.2) is 40.3 Å². The van der Waals surface area contributed by atoms with E-state index in [0.29, 0.717) is 12.4 Å². The third kappa shape index (κ3) is 5.30. The van der Waals surface area contributed by atoms with E-state index in [0.717, 1.165) is 33.6 Å². The number of phenolic OH excluding ortho intramolecular Hbond substituents is 2. The molecule has 0 aromatic heterocycles. The molecule has 1 heterocycles. The first-order valence-electron chi connectivity index (χ1n) is 12.0. The zero-order valence-electron chi connectivity index (χ0n) is 21.4. The van der Waals surface area contributed by atoms with Crippen molar-refractivity contribution in [1.82, 2.24) is 4.90 Å². The van der Waals surface area contributed by atoms with Crippen molar-refractivity contribution in [3.63, 3.8) is 0 Å². The van der Waals surface area contributed by atoms with E-state index in [-0.39, 0.29) is 29.2 Å². The molecule has 3 aromatic rings. The lowest BCUT2D eigenvalue weighted by Crippen LogP contribution is -2.46. The summed E-state index contributed by atoms with van der Waals surface area (Å²) in [4.78, 5) is 2.31. The topological polar surface area (TPSA) is 62.2 Å². The second kappa shape index (κ2) is 9.67. The molecule has 0 fully saturated rings. The van der Waals surface area contributed by atoms with Crippen molar-refractivity contribution in [2.75, 3.05) is 13.7 Å². The van der Waals surface area contributed by atoms with Crippen molar-refractivity contribution < 1.29 is 19.7 Å². The molecule has 0 aliphatic carbocycles. The lowest BCUT2D eigenvalue weighted by molar-refractivity contribution is 0.0900. The number of phenols is 2. The summed E-state index contributed by atoms with van der Waals surface area (Å²) in [5.41, 5.74) is 4.72. The Morgan fingerprint density at radius 3 is 2.31 bits per heavy atom. The Morgan fingerprint density at radius 2 is 1.66 bits per heavy atom. The predicted molar refractivity (Wildman–Crippen MR) is 141 cm³/mol. The first-order valence-corrected chi connectivity index (χ1v) is 12.0. The van der Waals surface area contributed by atoms with Crippen LogP contribution in [0.4, 0.5) is 0 Å². The highest BCUT2D eigenvalue weighted by atomic mass is 16.5. The largest absolute Gasteiger partial charge is 0.508 e. The molecule has 2 N–H and O–H groups in total. The van der Waals surface area contributed by atoms with Gasteiger partial charge in [0.2, 0.25) is 0 Å². The standard InChI is InChI=1S/C30H35NO4/c1-19(31(6)30(3,4)5)18-34-25-13-10-21(11-14-25)29-28(22-8-7-9-23(32)16-22)20(2)26-17-24(33)12-15-27(26)35-29/h7-17,19,29,32-33H,18H2,1-6H3. The highest BCUT2D eigenvalue weighted by Crippen LogP contribution is 2.47. The van der Waals surface area contributed by atoms with Gasteiger partial charge in [-0.1, -0.05) is 24.3 Å². The molecule has 0 radical (unpaired) electrons. The number of benzene rings is 3. The molecule has 2 unspecified atom stereocenters. The van der Waals surface area contributed by atoms with Crippen molar-refractivity contribution in [1.29, 1.82) is 0 Å². The molecular formula is C30H35NO4. The molecule has 5 heteroatoms. The number of fused-ring (bicyclic) bond motifs is 1. The second-order valence-corrected chi connectivity index (χ2v) is 10.3. The van der Waals surface area contributed by atoms with E-state index >= 15 is 0 Å². The lowest BCUT2D eigenvalue weighted by Gasteiger charge is -2.36. The average Bonchev–Trinajstić information content (AvgIpc) is 2.82. The molecule has 0 saturated heterocycles. The Kier molecular flexibility index (Phi) is 6.82. The van der Waals surface area contributed by atoms with Gasteiger partial charge in [0.1, 0.15) is 35.7 Å². The van der Waals surface area contributed by atoms with Crippen molar-refractivity contribution in [3.05, 3.63) is 83.4 Å². The molecule has 184 valence electrons. The van der Waals surface area contributed by atoms with E-state index < -0.39 is 0 Å². The van der Waals surface area contributed by atoms with E-state index in [2.05, 4.69) is 39.6 Å². The Bertz CT molecular complexity index is 1220. The summed E-state index contributed by atoms with van der Waals surface area (Å²) in [6.07, 6.45) is -0.367. The quantitative estimate of drug-likeness (QED) is 0.419. The van der Waals surface area contributed by atoms with E-state index in [4.69, 9.17) is 9.47 Å². The molecular weight excluding hydrogens is 438 g/mol. The number of ether oxygens (including phenoxy) is 2. The average molecular weight is 474 g/mol. The summed E-state index contributed by atoms with van der Waals surface area (Å²) in [5, 5.41) is 20.2. The van der Waals surface area contributed by atoms with Crippen molar-refractivity contribution >= 4 is 11.1 Å². The van der Waals surface area contributed by atoms with Crippen LogP contribution < -0.4 is 9.47 Å². The summed E-state index contributed by atoms with van der Waals surface area (Å²) >= 11 is 0. The SMILES string of the molecule is CC1=C(c2cccc(O)c2)C(c2ccc(OCC(C)N(C)C(C)(C)C)cc2)Oc2ccc(O)cc21. The van der Waals surface area contributed by atoms with Gasteiger partial charge in [-0.05, 0) is 101 Å². The van der Waals surface area contributed by atoms with Gasteiger partial charge in [0.25, 0.3) is 0 Å². The van der Waals surface area contributed by atoms with Crippen LogP contribution in [0.15, 0.2) is 66.7 Å². The maximum absolute atomic E-state index is 10.1. The zero-order chi connectivity index (χ0) is 25.3. The third-order valence-corrected chi connectivity index (χ3v) is 6.83. The van der Waals surface area contributed by atoms with E-state index in [1.54, 1.807) is 30.3 Å². The van der Waals surface area contributed by atoms with Crippen LogP contribution in [0.5, 0.6) is 23.0 Å². The maximum atomic E-state index is 10.1. The van der Waals surface area contributed by atoms with Gasteiger partial charge in [0.15, 0.2) is 0 Å². The van der Waals surface area contributed by atoms with Gasteiger partial charge >= 0.3 is 0 Å². The smallest absolute Gasteiger partial charge is 0.150 e. The van der Waals surface area contributed by atoms with Gasteiger partial charge in [0, 0.05) is 22.7 Å². The van der Waals surface area contributed by atoms with E-state index in [1.807, 2.05) is 43.3 Å². The van der Waals surface area contributed by atoms with Gasteiger partial charge in [-0.3, -0.25) is 4.90 Å². The van der Waals surface area contributed by atoms with Gasteiger partial charge in [-0.2, -0.15) is 0 Å². The summed E-state index contributed by atoms with van der Waals surface area (Å²) in [6, 6.07) is 20.6. The van der Waals surface area contributed by atoms with Gasteiger partial charge in [-0.15, -0.1) is 0 Å². The molecule has 35 heavy (non-hydrogen) atoms. The third-order valence-electron chi connectivity index (χ3n) is 6.83. The Morgan fingerprint density at radius 1 is 0.971 bits per heavy atom. The molecule has 5 nitrogen and oxygen atoms in total. The number of likely N-dealkylation sites (N-methyl/N-ethyl adjacent to an activating group) is 1. The number of aromatic hydroxyl groups is 2. The summed E-state index contributed by atoms with van der Waals surface area (Å²) in [5.74, 6) is 1.91. The Hall–Kier alpha value is -3.44. The number of hydrogen-bond acceptors (Lipinski definition) is 5. The van der Waals surface area contributed by atoms with Crippen LogP contribution in [0.1, 0.15) is 57.4 Å². The monoisotopic (exact) mass is 473 g/mol. The molecule has 4 rings (SSSR count). The van der Waals surface area contributed by atoms with Crippen molar-refractivity contribution in [2.24, 2.45) is 0 Å². The lowest BCUT2D eigenvalue weighted by atomic mass is 9.86. The second-order valence-electron chi connectivity index (χ2n) is 10.3. The first kappa shape index (κ1) is 24.7. The molecule has 0 spiro atoms. The van der Waals surface area contributed by atoms with Crippen LogP contribution in [0.3, 0.4) is 0 Å². The molecule has 0 saturated carbocycles. The van der Waals surface area contributed by atoms with E-state index in [9.17, 15) is 10.2 Å². The number of hydrogen-bond donors (Lipinski definition) is 2. The minimum Gasteiger partial charge on any atom is -0.508 e. The van der Waals surface area contributed by atoms with Crippen LogP contribution in [-0.2, 0) is 0 Å². The fourth-order valence-electron chi connectivity index (χ4n) is 4.45. The number of nitrogens with zero attached hydrogens (tertiary/aromatic N) is 1. The van der Waals surface area contributed by atoms with Crippen LogP contribution in [0.25, 0.3) is 11.1 Å². The van der Waals surface area contributed by atoms with E-state index in [1.165, 1.54) is 0 Å². The molecule has 2 atom stereocenters. The highest BCUT2D eigenvalue weighted by Gasteiger charge is 2.30. The highest BCUT2D eigenvalue weighted by molar-refractivity contribution is 5.95. The number of allylic oxidation sites excluding steroid dienone is 1. The maximum Gasteiger partial charge on any atom is 0.150 e. The summed E-state index contributed by atoms with van der Waals surface area (Å²) in [6.45, 7) is 11.4. The van der Waals surface area contributed by atoms with Gasteiger partial charge in [0.05, 0.1) is 0 Å². The Labute approximate surface area is 208 Å². The zero-order valence-corrected chi connectivity index (χ0v) is 21.4. The van der Waals surface area contributed by atoms with Crippen LogP contribution in [0.2, 0.25) is 0 Å². The van der Waals surface area contributed by atoms with Gasteiger partial charge in [-0.25, -0.2) is 0 Å². The summed E-state index contributed by atoms with van der Waals surface area (Å²) in [7, 11) is 2.12. The fraction of sp³-hybridized carbons (Fsp3) is 0.333. The Balaban J connectivity index is 1.63. The van der Waals surface area contributed by atoms with Crippen molar-refractivity contribution in [3.8, 4) is 23.0 Å². The van der Waals surface area contributed by atoms with Gasteiger partial charge < -0.3 is 19.7 Å². The van der Waals surface area contributed by atoms with Crippen LogP contribution >= 0.6 is 0 Å². The molecule has 0 bridgehead atoms. The van der Waals surface area contributed by atoms with Crippen LogP contribution in [0, 0.1) is 0 Å². The molecule has 1 aliphatic rings. The normalized spacial score (nSPS) is 16.6. The minimum atomic E-state index is -0.367. The van der Waals surface area contributed by atoms with Crippen molar-refractivity contribution in [2.45, 2.75) is 52.3 Å². The predicted octanol–water partition coefficient (Wildman–Crippen LogP) is 6.66.